The van der Waals surface area contributed by atoms with Gasteiger partial charge in [-0.25, -0.2) is 0 Å². The molecule has 0 radical (unpaired) electrons. The van der Waals surface area contributed by atoms with E-state index < -0.39 is 5.60 Å². The Morgan fingerprint density at radius 3 is 2.44 bits per heavy atom. The molecule has 0 bridgehead atoms. The van der Waals surface area contributed by atoms with E-state index in [0.29, 0.717) is 21.7 Å². The number of benzene rings is 1. The molecule has 2 N–H and O–H groups in total. The van der Waals surface area contributed by atoms with Crippen molar-refractivity contribution in [3.63, 3.8) is 0 Å². The molecule has 0 spiro atoms. The summed E-state index contributed by atoms with van der Waals surface area (Å²) in [5.41, 5.74) is 0.859. The minimum Gasteiger partial charge on any atom is -0.390 e. The Kier molecular flexibility index (Phi) is 5.54. The van der Waals surface area contributed by atoms with E-state index in [1.807, 2.05) is 13.8 Å². The van der Waals surface area contributed by atoms with Gasteiger partial charge in [0.25, 0.3) is 5.91 Å². The molecule has 5 nitrogen and oxygen atoms in total. The molecule has 1 aromatic carbocycles. The minimum absolute atomic E-state index is 0.107. The second-order valence-electron chi connectivity index (χ2n) is 7.98. The van der Waals surface area contributed by atoms with Crippen molar-refractivity contribution in [3.05, 3.63) is 40.5 Å². The van der Waals surface area contributed by atoms with Gasteiger partial charge in [0.05, 0.1) is 21.7 Å². The van der Waals surface area contributed by atoms with Gasteiger partial charge in [-0.3, -0.25) is 14.6 Å². The molecule has 0 aliphatic heterocycles. The van der Waals surface area contributed by atoms with Gasteiger partial charge in [0.2, 0.25) is 0 Å². The summed E-state index contributed by atoms with van der Waals surface area (Å²) in [6.07, 6.45) is 5.03. The van der Waals surface area contributed by atoms with Crippen LogP contribution in [0.1, 0.15) is 67.2 Å². The second kappa shape index (κ2) is 7.56. The van der Waals surface area contributed by atoms with Crippen molar-refractivity contribution in [2.24, 2.45) is 5.92 Å². The van der Waals surface area contributed by atoms with Crippen LogP contribution in [0.5, 0.6) is 0 Å². The van der Waals surface area contributed by atoms with Crippen molar-refractivity contribution in [2.45, 2.75) is 58.1 Å². The summed E-state index contributed by atoms with van der Waals surface area (Å²) in [5, 5.41) is 14.3. The van der Waals surface area contributed by atoms with Crippen LogP contribution in [0.2, 0.25) is 5.02 Å². The zero-order chi connectivity index (χ0) is 19.8. The predicted octanol–water partition coefficient (Wildman–Crippen LogP) is 4.15. The zero-order valence-corrected chi connectivity index (χ0v) is 16.6. The van der Waals surface area contributed by atoms with E-state index in [-0.39, 0.29) is 23.7 Å². The van der Waals surface area contributed by atoms with Crippen LogP contribution in [-0.4, -0.2) is 33.4 Å². The minimum atomic E-state index is -0.671. The standard InChI is InChI=1S/C21H25ClN2O3/c1-12(25)17-10-19-13(9-18(17)22)8-14(11-23-19)20(26)24-16-6-4-15(5-7-16)21(2,3)27/h8-11,15-16,27H,4-7H2,1-3H3,(H,24,26)/t15-,16-. The number of ketones is 1. The lowest BCUT2D eigenvalue weighted by molar-refractivity contribution is -0.00258. The smallest absolute Gasteiger partial charge is 0.253 e. The molecule has 1 aliphatic rings. The number of hydrogen-bond acceptors (Lipinski definition) is 4. The molecule has 27 heavy (non-hydrogen) atoms. The Morgan fingerprint density at radius 1 is 1.19 bits per heavy atom. The number of aromatic nitrogens is 1. The second-order valence-corrected chi connectivity index (χ2v) is 8.39. The van der Waals surface area contributed by atoms with Crippen LogP contribution in [0.15, 0.2) is 24.4 Å². The molecule has 144 valence electrons. The molecule has 6 heteroatoms. The number of carbonyl (C=O) groups excluding carboxylic acids is 2. The molecule has 2 aromatic rings. The van der Waals surface area contributed by atoms with Gasteiger partial charge in [-0.05, 0) is 70.6 Å². The summed E-state index contributed by atoms with van der Waals surface area (Å²) < 4.78 is 0. The molecule has 3 rings (SSSR count). The maximum atomic E-state index is 12.6. The number of pyridine rings is 1. The van der Waals surface area contributed by atoms with E-state index in [2.05, 4.69) is 10.3 Å². The summed E-state index contributed by atoms with van der Waals surface area (Å²) in [6, 6.07) is 5.18. The zero-order valence-electron chi connectivity index (χ0n) is 15.9. The highest BCUT2D eigenvalue weighted by molar-refractivity contribution is 6.34. The maximum absolute atomic E-state index is 12.6. The fraction of sp³-hybridized carbons (Fsp3) is 0.476. The Morgan fingerprint density at radius 2 is 1.85 bits per heavy atom. The molecule has 0 atom stereocenters. The molecule has 1 amide bonds. The molecule has 1 saturated carbocycles. The van der Waals surface area contributed by atoms with Crippen LogP contribution in [0.25, 0.3) is 10.9 Å². The van der Waals surface area contributed by atoms with Crippen LogP contribution in [0, 0.1) is 5.92 Å². The van der Waals surface area contributed by atoms with Crippen LogP contribution >= 0.6 is 11.6 Å². The van der Waals surface area contributed by atoms with Gasteiger partial charge in [-0.2, -0.15) is 0 Å². The first-order valence-corrected chi connectivity index (χ1v) is 9.66. The van der Waals surface area contributed by atoms with Gasteiger partial charge in [-0.1, -0.05) is 11.6 Å². The van der Waals surface area contributed by atoms with Crippen LogP contribution in [0.4, 0.5) is 0 Å². The molecular weight excluding hydrogens is 364 g/mol. The van der Waals surface area contributed by atoms with Gasteiger partial charge in [0.1, 0.15) is 0 Å². The van der Waals surface area contributed by atoms with Gasteiger partial charge in [-0.15, -0.1) is 0 Å². The van der Waals surface area contributed by atoms with Gasteiger partial charge < -0.3 is 10.4 Å². The number of carbonyl (C=O) groups is 2. The highest BCUT2D eigenvalue weighted by Gasteiger charge is 2.31. The van der Waals surface area contributed by atoms with Crippen LogP contribution in [-0.2, 0) is 0 Å². The Bertz CT molecular complexity index is 881. The monoisotopic (exact) mass is 388 g/mol. The summed E-state index contributed by atoms with van der Waals surface area (Å²) in [7, 11) is 0. The third-order valence-electron chi connectivity index (χ3n) is 5.47. The lowest BCUT2D eigenvalue weighted by Crippen LogP contribution is -2.41. The highest BCUT2D eigenvalue weighted by atomic mass is 35.5. The molecule has 1 fully saturated rings. The maximum Gasteiger partial charge on any atom is 0.253 e. The first kappa shape index (κ1) is 19.8. The first-order valence-electron chi connectivity index (χ1n) is 9.28. The van der Waals surface area contributed by atoms with E-state index in [0.717, 1.165) is 31.1 Å². The number of rotatable bonds is 4. The number of nitrogens with zero attached hydrogens (tertiary/aromatic N) is 1. The van der Waals surface area contributed by atoms with Crippen molar-refractivity contribution in [1.82, 2.24) is 10.3 Å². The van der Waals surface area contributed by atoms with Gasteiger partial charge >= 0.3 is 0 Å². The molecule has 0 saturated heterocycles. The topological polar surface area (TPSA) is 79.3 Å². The summed E-state index contributed by atoms with van der Waals surface area (Å²) in [6.45, 7) is 5.15. The molecule has 1 heterocycles. The van der Waals surface area contributed by atoms with Crippen molar-refractivity contribution in [2.75, 3.05) is 0 Å². The van der Waals surface area contributed by atoms with Gasteiger partial charge in [0, 0.05) is 23.2 Å². The largest absolute Gasteiger partial charge is 0.390 e. The van der Waals surface area contributed by atoms with E-state index in [1.54, 1.807) is 18.2 Å². The number of fused-ring (bicyclic) bond motifs is 1. The van der Waals surface area contributed by atoms with Gasteiger partial charge in [0.15, 0.2) is 5.78 Å². The van der Waals surface area contributed by atoms with Crippen molar-refractivity contribution in [1.29, 1.82) is 0 Å². The van der Waals surface area contributed by atoms with Crippen molar-refractivity contribution < 1.29 is 14.7 Å². The van der Waals surface area contributed by atoms with E-state index in [4.69, 9.17) is 11.6 Å². The van der Waals surface area contributed by atoms with Crippen molar-refractivity contribution >= 4 is 34.2 Å². The summed E-state index contributed by atoms with van der Waals surface area (Å²) >= 11 is 6.17. The molecule has 0 unspecified atom stereocenters. The van der Waals surface area contributed by atoms with Crippen molar-refractivity contribution in [3.8, 4) is 0 Å². The third-order valence-corrected chi connectivity index (χ3v) is 5.79. The Balaban J connectivity index is 1.71. The molecular formula is C21H25ClN2O3. The van der Waals surface area contributed by atoms with E-state index >= 15 is 0 Å². The normalized spacial score (nSPS) is 20.5. The Hall–Kier alpha value is -1.98. The first-order chi connectivity index (χ1) is 12.6. The van der Waals surface area contributed by atoms with E-state index in [1.165, 1.54) is 13.1 Å². The molecule has 1 aromatic heterocycles. The number of Topliss-reactive ketones (excluding diaryl/α,β-unsaturated/α-hetero) is 1. The lowest BCUT2D eigenvalue weighted by Gasteiger charge is -2.36. The Labute approximate surface area is 164 Å². The number of halogens is 1. The number of nitrogens with one attached hydrogen (secondary N) is 1. The fourth-order valence-corrected chi connectivity index (χ4v) is 4.06. The average Bonchev–Trinajstić information content (AvgIpc) is 2.60. The number of hydrogen-bond donors (Lipinski definition) is 2. The highest BCUT2D eigenvalue weighted by Crippen LogP contribution is 2.32. The summed E-state index contributed by atoms with van der Waals surface area (Å²) in [4.78, 5) is 28.5. The quantitative estimate of drug-likeness (QED) is 0.771. The molecule has 1 aliphatic carbocycles. The fourth-order valence-electron chi connectivity index (χ4n) is 3.76. The number of amides is 1. The third kappa shape index (κ3) is 4.47. The SMILES string of the molecule is CC(=O)c1cc2ncc(C(=O)N[C@H]3CC[C@H](C(C)(C)O)CC3)cc2cc1Cl. The number of aliphatic hydroxyl groups is 1. The van der Waals surface area contributed by atoms with Crippen LogP contribution < -0.4 is 5.32 Å². The lowest BCUT2D eigenvalue weighted by atomic mass is 9.77. The van der Waals surface area contributed by atoms with E-state index in [9.17, 15) is 14.7 Å². The average molecular weight is 389 g/mol. The van der Waals surface area contributed by atoms with Crippen LogP contribution in [0.3, 0.4) is 0 Å². The predicted molar refractivity (Wildman–Crippen MR) is 106 cm³/mol. The summed E-state index contributed by atoms with van der Waals surface area (Å²) in [5.74, 6) is -0.0133.